The van der Waals surface area contributed by atoms with Gasteiger partial charge < -0.3 is 0 Å². The van der Waals surface area contributed by atoms with E-state index < -0.39 is 0 Å². The largest absolute Gasteiger partial charge is 0.299 e. The zero-order chi connectivity index (χ0) is 12.0. The van der Waals surface area contributed by atoms with Gasteiger partial charge in [0.15, 0.2) is 0 Å². The molecule has 2 aliphatic carbocycles. The zero-order valence-electron chi connectivity index (χ0n) is 11.2. The van der Waals surface area contributed by atoms with Crippen molar-refractivity contribution in [2.24, 2.45) is 23.7 Å². The first kappa shape index (κ1) is 11.7. The highest BCUT2D eigenvalue weighted by Gasteiger charge is 2.43. The van der Waals surface area contributed by atoms with Gasteiger partial charge in [-0.2, -0.15) is 0 Å². The van der Waals surface area contributed by atoms with Gasteiger partial charge in [-0.1, -0.05) is 6.92 Å². The van der Waals surface area contributed by atoms with Crippen molar-refractivity contribution in [1.82, 2.24) is 4.90 Å². The molecule has 1 aliphatic heterocycles. The molecule has 0 radical (unpaired) electrons. The number of carbonyl (C=O) groups is 1. The Morgan fingerprint density at radius 1 is 1.18 bits per heavy atom. The van der Waals surface area contributed by atoms with Crippen molar-refractivity contribution in [3.63, 3.8) is 0 Å². The Balaban J connectivity index is 1.61. The molecule has 1 heterocycles. The van der Waals surface area contributed by atoms with Crippen LogP contribution in [0.4, 0.5) is 0 Å². The predicted octanol–water partition coefficient (Wildman–Crippen LogP) is 2.72. The molecule has 0 spiro atoms. The highest BCUT2D eigenvalue weighted by atomic mass is 16.1. The molecule has 0 aromatic carbocycles. The van der Waals surface area contributed by atoms with Gasteiger partial charge in [0.05, 0.1) is 0 Å². The topological polar surface area (TPSA) is 20.3 Å². The highest BCUT2D eigenvalue weighted by Crippen LogP contribution is 2.49. The van der Waals surface area contributed by atoms with E-state index in [1.807, 2.05) is 0 Å². The van der Waals surface area contributed by atoms with Crippen molar-refractivity contribution in [2.75, 3.05) is 13.1 Å². The number of ketones is 1. The molecule has 0 N–H and O–H groups in total. The molecule has 2 unspecified atom stereocenters. The summed E-state index contributed by atoms with van der Waals surface area (Å²) in [4.78, 5) is 14.3. The number of nitrogens with zero attached hydrogens (tertiary/aromatic N) is 1. The van der Waals surface area contributed by atoms with E-state index in [1.54, 1.807) is 0 Å². The maximum Gasteiger partial charge on any atom is 0.138 e. The van der Waals surface area contributed by atoms with Crippen molar-refractivity contribution in [3.05, 3.63) is 0 Å². The Bertz CT molecular complexity index is 294. The van der Waals surface area contributed by atoms with E-state index in [-0.39, 0.29) is 5.92 Å². The number of carbonyl (C=O) groups excluding carboxylic acids is 1. The molecule has 2 atom stereocenters. The van der Waals surface area contributed by atoms with E-state index in [9.17, 15) is 4.79 Å². The Morgan fingerprint density at radius 2 is 1.76 bits per heavy atom. The quantitative estimate of drug-likeness (QED) is 0.747. The first-order valence-corrected chi connectivity index (χ1v) is 7.43. The molecule has 3 aliphatic rings. The van der Waals surface area contributed by atoms with Crippen LogP contribution in [-0.2, 0) is 4.79 Å². The number of piperidine rings is 1. The second-order valence-electron chi connectivity index (χ2n) is 6.58. The monoisotopic (exact) mass is 235 g/mol. The summed E-state index contributed by atoms with van der Waals surface area (Å²) in [6.45, 7) is 6.65. The summed E-state index contributed by atoms with van der Waals surface area (Å²) in [5.74, 6) is 3.74. The van der Waals surface area contributed by atoms with Crippen molar-refractivity contribution >= 4 is 5.78 Å². The Hall–Kier alpha value is -0.370. The lowest BCUT2D eigenvalue weighted by atomic mass is 9.88. The average molecular weight is 235 g/mol. The van der Waals surface area contributed by atoms with Gasteiger partial charge in [0.1, 0.15) is 5.78 Å². The zero-order valence-corrected chi connectivity index (χ0v) is 11.2. The molecule has 0 bridgehead atoms. The second kappa shape index (κ2) is 4.38. The molecule has 96 valence electrons. The Labute approximate surface area is 105 Å². The predicted molar refractivity (Wildman–Crippen MR) is 68.8 cm³/mol. The number of hydrogen-bond donors (Lipinski definition) is 0. The van der Waals surface area contributed by atoms with E-state index in [0.717, 1.165) is 30.7 Å². The Morgan fingerprint density at radius 3 is 2.29 bits per heavy atom. The summed E-state index contributed by atoms with van der Waals surface area (Å²) in [6, 6.07) is 0.469. The van der Waals surface area contributed by atoms with Gasteiger partial charge in [-0.15, -0.1) is 0 Å². The van der Waals surface area contributed by atoms with Crippen LogP contribution in [0.3, 0.4) is 0 Å². The third-order valence-electron chi connectivity index (χ3n) is 5.35. The van der Waals surface area contributed by atoms with Gasteiger partial charge >= 0.3 is 0 Å². The first-order chi connectivity index (χ1) is 8.16. The average Bonchev–Trinajstić information content (AvgIpc) is 3.16. The van der Waals surface area contributed by atoms with Crippen molar-refractivity contribution in [1.29, 1.82) is 0 Å². The van der Waals surface area contributed by atoms with Gasteiger partial charge in [0.25, 0.3) is 0 Å². The first-order valence-electron chi connectivity index (χ1n) is 7.43. The van der Waals surface area contributed by atoms with Crippen LogP contribution in [0.5, 0.6) is 0 Å². The molecule has 2 heteroatoms. The van der Waals surface area contributed by atoms with E-state index in [2.05, 4.69) is 18.7 Å². The van der Waals surface area contributed by atoms with Crippen LogP contribution in [0.25, 0.3) is 0 Å². The maximum atomic E-state index is 11.7. The summed E-state index contributed by atoms with van der Waals surface area (Å²) in [5.41, 5.74) is 0. The minimum absolute atomic E-state index is 0.253. The van der Waals surface area contributed by atoms with Crippen LogP contribution in [0.1, 0.15) is 46.0 Å². The van der Waals surface area contributed by atoms with Gasteiger partial charge in [-0.05, 0) is 50.4 Å². The van der Waals surface area contributed by atoms with Crippen molar-refractivity contribution < 1.29 is 4.79 Å². The number of hydrogen-bond acceptors (Lipinski definition) is 2. The summed E-state index contributed by atoms with van der Waals surface area (Å²) in [5, 5.41) is 0. The van der Waals surface area contributed by atoms with E-state index in [0.29, 0.717) is 11.8 Å². The minimum Gasteiger partial charge on any atom is -0.299 e. The van der Waals surface area contributed by atoms with Crippen molar-refractivity contribution in [3.8, 4) is 0 Å². The molecule has 2 nitrogen and oxygen atoms in total. The van der Waals surface area contributed by atoms with Crippen LogP contribution in [-0.4, -0.2) is 29.8 Å². The smallest absolute Gasteiger partial charge is 0.138 e. The molecule has 0 aromatic rings. The van der Waals surface area contributed by atoms with Crippen LogP contribution in [0, 0.1) is 23.7 Å². The third kappa shape index (κ3) is 2.42. The molecule has 3 fully saturated rings. The molecule has 0 amide bonds. The summed E-state index contributed by atoms with van der Waals surface area (Å²) in [6.07, 6.45) is 6.67. The van der Waals surface area contributed by atoms with Crippen LogP contribution in [0.2, 0.25) is 0 Å². The van der Waals surface area contributed by atoms with Gasteiger partial charge in [0.2, 0.25) is 0 Å². The van der Waals surface area contributed by atoms with Gasteiger partial charge in [0, 0.05) is 31.5 Å². The summed E-state index contributed by atoms with van der Waals surface area (Å²) < 4.78 is 0. The minimum atomic E-state index is 0.253. The van der Waals surface area contributed by atoms with Crippen LogP contribution >= 0.6 is 0 Å². The van der Waals surface area contributed by atoms with Gasteiger partial charge in [-0.25, -0.2) is 0 Å². The van der Waals surface area contributed by atoms with Crippen molar-refractivity contribution in [2.45, 2.75) is 52.0 Å². The standard InChI is InChI=1S/C15H25NO/c1-10-11(2)16(8-7-15(10)17)9-14(12-3-4-12)13-5-6-13/h10-14H,3-9H2,1-2H3. The number of Topliss-reactive ketones (excluding diaryl/α,β-unsaturated/α-hetero) is 1. The van der Waals surface area contributed by atoms with E-state index in [1.165, 1.54) is 32.2 Å². The van der Waals surface area contributed by atoms with Crippen LogP contribution < -0.4 is 0 Å². The molecule has 3 rings (SSSR count). The fourth-order valence-corrected chi connectivity index (χ4v) is 3.53. The molecular weight excluding hydrogens is 210 g/mol. The van der Waals surface area contributed by atoms with E-state index in [4.69, 9.17) is 0 Å². The summed E-state index contributed by atoms with van der Waals surface area (Å²) >= 11 is 0. The molecule has 17 heavy (non-hydrogen) atoms. The molecule has 2 saturated carbocycles. The number of rotatable bonds is 4. The second-order valence-corrected chi connectivity index (χ2v) is 6.58. The lowest BCUT2D eigenvalue weighted by Crippen LogP contribution is -2.48. The molecular formula is C15H25NO. The van der Waals surface area contributed by atoms with Crippen LogP contribution in [0.15, 0.2) is 0 Å². The highest BCUT2D eigenvalue weighted by molar-refractivity contribution is 5.82. The fraction of sp³-hybridized carbons (Fsp3) is 0.933. The third-order valence-corrected chi connectivity index (χ3v) is 5.35. The van der Waals surface area contributed by atoms with Gasteiger partial charge in [-0.3, -0.25) is 9.69 Å². The normalized spacial score (nSPS) is 35.6. The SMILES string of the molecule is CC1C(=O)CCN(CC(C2CC2)C2CC2)C1C. The van der Waals surface area contributed by atoms with E-state index >= 15 is 0 Å². The maximum absolute atomic E-state index is 11.7. The summed E-state index contributed by atoms with van der Waals surface area (Å²) in [7, 11) is 0. The lowest BCUT2D eigenvalue weighted by molar-refractivity contribution is -0.128. The number of likely N-dealkylation sites (tertiary alicyclic amines) is 1. The lowest BCUT2D eigenvalue weighted by Gasteiger charge is -2.39. The Kier molecular flexibility index (Phi) is 3.02. The molecule has 0 aromatic heterocycles. The fourth-order valence-electron chi connectivity index (χ4n) is 3.53. The molecule has 1 saturated heterocycles.